The largest absolute Gasteiger partial charge is 0.464 e. The Labute approximate surface area is 105 Å². The van der Waals surface area contributed by atoms with Gasteiger partial charge in [0, 0.05) is 11.4 Å². The molecule has 0 N–H and O–H groups in total. The number of halogens is 1. The molecule has 3 nitrogen and oxygen atoms in total. The second-order valence-corrected chi connectivity index (χ2v) is 4.07. The number of ether oxygens (including phenoxy) is 1. The first-order valence-corrected chi connectivity index (χ1v) is 5.97. The van der Waals surface area contributed by atoms with Crippen molar-refractivity contribution in [3.63, 3.8) is 0 Å². The molecule has 0 aliphatic heterocycles. The van der Waals surface area contributed by atoms with Crippen LogP contribution in [0.1, 0.15) is 18.4 Å². The van der Waals surface area contributed by atoms with Gasteiger partial charge >= 0.3 is 5.95 Å². The van der Waals surface area contributed by atoms with Crippen LogP contribution in [0.2, 0.25) is 5.02 Å². The van der Waals surface area contributed by atoms with Crippen LogP contribution in [-0.4, -0.2) is 11.6 Å². The summed E-state index contributed by atoms with van der Waals surface area (Å²) in [7, 11) is 0. The lowest BCUT2D eigenvalue weighted by molar-refractivity contribution is 0.250. The summed E-state index contributed by atoms with van der Waals surface area (Å²) in [4.78, 5) is 4.15. The average molecular weight is 252 g/mol. The van der Waals surface area contributed by atoms with Crippen molar-refractivity contribution >= 4 is 11.6 Å². The maximum Gasteiger partial charge on any atom is 0.305 e. The van der Waals surface area contributed by atoms with Crippen LogP contribution in [-0.2, 0) is 12.8 Å². The number of aryl methyl sites for hydroxylation is 2. The molecule has 0 saturated carbocycles. The molecular formula is C13H14ClNO2. The Hall–Kier alpha value is -1.48. The van der Waals surface area contributed by atoms with Gasteiger partial charge in [0.25, 0.3) is 0 Å². The molecule has 4 heteroatoms. The summed E-state index contributed by atoms with van der Waals surface area (Å²) in [6, 6.07) is 7.80. The third kappa shape index (κ3) is 3.49. The van der Waals surface area contributed by atoms with E-state index in [4.69, 9.17) is 20.8 Å². The smallest absolute Gasteiger partial charge is 0.305 e. The van der Waals surface area contributed by atoms with Crippen LogP contribution in [0.15, 0.2) is 34.9 Å². The van der Waals surface area contributed by atoms with Crippen molar-refractivity contribution in [2.24, 2.45) is 0 Å². The zero-order valence-electron chi connectivity index (χ0n) is 9.65. The molecule has 0 atom stereocenters. The molecule has 0 amide bonds. The van der Waals surface area contributed by atoms with Gasteiger partial charge in [0.15, 0.2) is 5.89 Å². The van der Waals surface area contributed by atoms with Crippen molar-refractivity contribution in [3.8, 4) is 5.95 Å². The second-order valence-electron chi connectivity index (χ2n) is 3.64. The van der Waals surface area contributed by atoms with Crippen molar-refractivity contribution in [1.29, 1.82) is 0 Å². The molecule has 90 valence electrons. The van der Waals surface area contributed by atoms with Crippen LogP contribution in [0, 0.1) is 0 Å². The van der Waals surface area contributed by atoms with Gasteiger partial charge in [-0.15, -0.1) is 0 Å². The molecule has 2 aromatic rings. The quantitative estimate of drug-likeness (QED) is 0.816. The minimum Gasteiger partial charge on any atom is -0.464 e. The van der Waals surface area contributed by atoms with Gasteiger partial charge in [-0.25, -0.2) is 4.98 Å². The van der Waals surface area contributed by atoms with Gasteiger partial charge < -0.3 is 9.15 Å². The summed E-state index contributed by atoms with van der Waals surface area (Å²) in [6.07, 6.45) is 3.21. The van der Waals surface area contributed by atoms with E-state index >= 15 is 0 Å². The Morgan fingerprint density at radius 2 is 2.24 bits per heavy atom. The van der Waals surface area contributed by atoms with Crippen molar-refractivity contribution in [1.82, 2.24) is 4.98 Å². The Kier molecular flexibility index (Phi) is 4.04. The third-order valence-electron chi connectivity index (χ3n) is 2.34. The Morgan fingerprint density at radius 1 is 1.35 bits per heavy atom. The normalized spacial score (nSPS) is 10.5. The lowest BCUT2D eigenvalue weighted by Gasteiger charge is -1.99. The minimum atomic E-state index is 0.480. The van der Waals surface area contributed by atoms with Gasteiger partial charge in [0.2, 0.25) is 0 Å². The highest BCUT2D eigenvalue weighted by molar-refractivity contribution is 6.30. The molecule has 1 aromatic carbocycles. The number of aromatic nitrogens is 1. The molecule has 2 rings (SSSR count). The number of nitrogens with zero attached hydrogens (tertiary/aromatic N) is 1. The Bertz CT molecular complexity index is 482. The highest BCUT2D eigenvalue weighted by atomic mass is 35.5. The molecule has 17 heavy (non-hydrogen) atoms. The fourth-order valence-corrected chi connectivity index (χ4v) is 1.77. The van der Waals surface area contributed by atoms with Gasteiger partial charge in [-0.3, -0.25) is 0 Å². The topological polar surface area (TPSA) is 35.3 Å². The van der Waals surface area contributed by atoms with Gasteiger partial charge in [0.1, 0.15) is 6.20 Å². The van der Waals surface area contributed by atoms with Crippen LogP contribution in [0.3, 0.4) is 0 Å². The SMILES string of the molecule is CCOc1cnc(CCc2cccc(Cl)c2)o1. The first-order valence-electron chi connectivity index (χ1n) is 5.60. The van der Waals surface area contributed by atoms with Crippen molar-refractivity contribution in [2.45, 2.75) is 19.8 Å². The fourth-order valence-electron chi connectivity index (χ4n) is 1.56. The highest BCUT2D eigenvalue weighted by Crippen LogP contribution is 2.16. The molecule has 1 heterocycles. The number of rotatable bonds is 5. The summed E-state index contributed by atoms with van der Waals surface area (Å²) in [5.74, 6) is 1.17. The minimum absolute atomic E-state index is 0.480. The van der Waals surface area contributed by atoms with Gasteiger partial charge in [-0.1, -0.05) is 23.7 Å². The Balaban J connectivity index is 1.93. The lowest BCUT2D eigenvalue weighted by atomic mass is 10.1. The number of hydrogen-bond donors (Lipinski definition) is 0. The summed E-state index contributed by atoms with van der Waals surface area (Å²) >= 11 is 5.91. The van der Waals surface area contributed by atoms with Crippen LogP contribution >= 0.6 is 11.6 Å². The van der Waals surface area contributed by atoms with Crippen molar-refractivity contribution in [3.05, 3.63) is 46.9 Å². The number of hydrogen-bond acceptors (Lipinski definition) is 3. The van der Waals surface area contributed by atoms with E-state index in [1.54, 1.807) is 6.20 Å². The molecule has 0 fully saturated rings. The number of oxazole rings is 1. The van der Waals surface area contributed by atoms with E-state index in [1.165, 1.54) is 5.56 Å². The molecule has 0 bridgehead atoms. The lowest BCUT2D eigenvalue weighted by Crippen LogP contribution is -1.91. The van der Waals surface area contributed by atoms with Crippen LogP contribution in [0.4, 0.5) is 0 Å². The highest BCUT2D eigenvalue weighted by Gasteiger charge is 2.04. The van der Waals surface area contributed by atoms with E-state index < -0.39 is 0 Å². The van der Waals surface area contributed by atoms with E-state index in [0.717, 1.165) is 17.9 Å². The molecule has 0 unspecified atom stereocenters. The summed E-state index contributed by atoms with van der Waals surface area (Å²) in [6.45, 7) is 2.50. The maximum absolute atomic E-state index is 5.91. The molecule has 0 radical (unpaired) electrons. The second kappa shape index (κ2) is 5.73. The predicted octanol–water partition coefficient (Wildman–Crippen LogP) is 3.51. The molecule has 0 spiro atoms. The van der Waals surface area contributed by atoms with Crippen LogP contribution in [0.5, 0.6) is 5.95 Å². The molecule has 0 aliphatic rings. The Morgan fingerprint density at radius 3 is 3.00 bits per heavy atom. The number of benzene rings is 1. The van der Waals surface area contributed by atoms with E-state index in [0.29, 0.717) is 18.4 Å². The first kappa shape index (κ1) is 12.0. The van der Waals surface area contributed by atoms with Crippen molar-refractivity contribution in [2.75, 3.05) is 6.61 Å². The van der Waals surface area contributed by atoms with Crippen molar-refractivity contribution < 1.29 is 9.15 Å². The fraction of sp³-hybridized carbons (Fsp3) is 0.308. The van der Waals surface area contributed by atoms with Gasteiger partial charge in [-0.2, -0.15) is 0 Å². The van der Waals surface area contributed by atoms with Gasteiger partial charge in [-0.05, 0) is 31.0 Å². The van der Waals surface area contributed by atoms with E-state index in [1.807, 2.05) is 31.2 Å². The summed E-state index contributed by atoms with van der Waals surface area (Å²) < 4.78 is 10.6. The zero-order chi connectivity index (χ0) is 12.1. The predicted molar refractivity (Wildman–Crippen MR) is 66.5 cm³/mol. The first-order chi connectivity index (χ1) is 8.28. The summed E-state index contributed by atoms with van der Waals surface area (Å²) in [5, 5.41) is 0.755. The molecule has 0 saturated heterocycles. The van der Waals surface area contributed by atoms with Crippen LogP contribution < -0.4 is 4.74 Å². The standard InChI is InChI=1S/C13H14ClNO2/c1-2-16-13-9-15-12(17-13)7-6-10-4-3-5-11(14)8-10/h3-5,8-9H,2,6-7H2,1H3. The van der Waals surface area contributed by atoms with Gasteiger partial charge in [0.05, 0.1) is 6.61 Å². The molecule has 1 aromatic heterocycles. The summed E-state index contributed by atoms with van der Waals surface area (Å²) in [5.41, 5.74) is 1.17. The monoisotopic (exact) mass is 251 g/mol. The maximum atomic E-state index is 5.91. The zero-order valence-corrected chi connectivity index (χ0v) is 10.4. The van der Waals surface area contributed by atoms with E-state index in [-0.39, 0.29) is 0 Å². The molecule has 0 aliphatic carbocycles. The average Bonchev–Trinajstić information content (AvgIpc) is 2.75. The van der Waals surface area contributed by atoms with E-state index in [2.05, 4.69) is 4.98 Å². The third-order valence-corrected chi connectivity index (χ3v) is 2.57. The van der Waals surface area contributed by atoms with Crippen LogP contribution in [0.25, 0.3) is 0 Å². The molecular weight excluding hydrogens is 238 g/mol. The van der Waals surface area contributed by atoms with E-state index in [9.17, 15) is 0 Å².